The molecule has 0 unspecified atom stereocenters. The highest BCUT2D eigenvalue weighted by atomic mass is 32.1. The average Bonchev–Trinajstić information content (AvgIpc) is 2.69. The minimum Gasteiger partial charge on any atom is -0.361 e. The highest BCUT2D eigenvalue weighted by Gasteiger charge is 2.06. The number of nitrogens with one attached hydrogen (secondary N) is 1. The maximum atomic E-state index is 4.51. The SMILES string of the molecule is Cc1nc(NCCc2ccccc2C(C)C)sc1C. The minimum absolute atomic E-state index is 0.584. The predicted octanol–water partition coefficient (Wildman–Crippen LogP) is 4.54. The molecule has 0 aliphatic rings. The van der Waals surface area contributed by atoms with Gasteiger partial charge in [0.05, 0.1) is 5.69 Å². The molecule has 0 atom stereocenters. The van der Waals surface area contributed by atoms with Crippen LogP contribution in [-0.2, 0) is 6.42 Å². The highest BCUT2D eigenvalue weighted by molar-refractivity contribution is 7.15. The molecule has 0 amide bonds. The fraction of sp³-hybridized carbons (Fsp3) is 0.438. The second-order valence-corrected chi connectivity index (χ2v) is 6.39. The number of anilines is 1. The molecule has 1 aromatic heterocycles. The molecule has 2 nitrogen and oxygen atoms in total. The second-order valence-electron chi connectivity index (χ2n) is 5.19. The number of aromatic nitrogens is 1. The Hall–Kier alpha value is -1.35. The van der Waals surface area contributed by atoms with Gasteiger partial charge in [0.15, 0.2) is 5.13 Å². The third-order valence-electron chi connectivity index (χ3n) is 3.38. The quantitative estimate of drug-likeness (QED) is 0.866. The molecule has 0 aliphatic heterocycles. The number of aryl methyl sites for hydroxylation is 2. The molecular formula is C16H22N2S. The van der Waals surface area contributed by atoms with E-state index in [9.17, 15) is 0 Å². The summed E-state index contributed by atoms with van der Waals surface area (Å²) < 4.78 is 0. The van der Waals surface area contributed by atoms with Gasteiger partial charge in [0, 0.05) is 11.4 Å². The van der Waals surface area contributed by atoms with Gasteiger partial charge in [-0.15, -0.1) is 11.3 Å². The van der Waals surface area contributed by atoms with Crippen LogP contribution in [0, 0.1) is 13.8 Å². The minimum atomic E-state index is 0.584. The van der Waals surface area contributed by atoms with Crippen LogP contribution in [0.25, 0.3) is 0 Å². The Bertz CT molecular complexity index is 524. The molecule has 1 aromatic carbocycles. The van der Waals surface area contributed by atoms with E-state index in [0.717, 1.165) is 23.8 Å². The normalized spacial score (nSPS) is 11.0. The molecule has 0 spiro atoms. The first-order valence-corrected chi connectivity index (χ1v) is 7.65. The Labute approximate surface area is 119 Å². The topological polar surface area (TPSA) is 24.9 Å². The van der Waals surface area contributed by atoms with Crippen molar-refractivity contribution in [1.29, 1.82) is 0 Å². The van der Waals surface area contributed by atoms with Crippen LogP contribution in [-0.4, -0.2) is 11.5 Å². The molecule has 102 valence electrons. The fourth-order valence-electron chi connectivity index (χ4n) is 2.18. The van der Waals surface area contributed by atoms with Crippen molar-refractivity contribution in [2.75, 3.05) is 11.9 Å². The lowest BCUT2D eigenvalue weighted by Gasteiger charge is -2.12. The molecule has 0 bridgehead atoms. The van der Waals surface area contributed by atoms with Gasteiger partial charge in [-0.1, -0.05) is 38.1 Å². The van der Waals surface area contributed by atoms with Gasteiger partial charge in [-0.2, -0.15) is 0 Å². The third kappa shape index (κ3) is 3.57. The van der Waals surface area contributed by atoms with Gasteiger partial charge in [-0.3, -0.25) is 0 Å². The smallest absolute Gasteiger partial charge is 0.183 e. The number of benzene rings is 1. The lowest BCUT2D eigenvalue weighted by Crippen LogP contribution is -2.07. The van der Waals surface area contributed by atoms with Crippen LogP contribution in [0.5, 0.6) is 0 Å². The lowest BCUT2D eigenvalue weighted by molar-refractivity contribution is 0.837. The maximum Gasteiger partial charge on any atom is 0.183 e. The van der Waals surface area contributed by atoms with E-state index in [2.05, 4.69) is 62.3 Å². The Morgan fingerprint density at radius 2 is 1.95 bits per heavy atom. The Balaban J connectivity index is 1.96. The summed E-state index contributed by atoms with van der Waals surface area (Å²) in [6, 6.07) is 8.71. The fourth-order valence-corrected chi connectivity index (χ4v) is 3.02. The highest BCUT2D eigenvalue weighted by Crippen LogP contribution is 2.22. The van der Waals surface area contributed by atoms with Gasteiger partial charge in [0.25, 0.3) is 0 Å². The van der Waals surface area contributed by atoms with Gasteiger partial charge in [0.2, 0.25) is 0 Å². The van der Waals surface area contributed by atoms with E-state index in [1.54, 1.807) is 11.3 Å². The summed E-state index contributed by atoms with van der Waals surface area (Å²) in [5.74, 6) is 0.584. The zero-order valence-electron chi connectivity index (χ0n) is 12.2. The van der Waals surface area contributed by atoms with E-state index in [0.29, 0.717) is 5.92 Å². The van der Waals surface area contributed by atoms with E-state index in [4.69, 9.17) is 0 Å². The van der Waals surface area contributed by atoms with E-state index in [1.165, 1.54) is 16.0 Å². The maximum absolute atomic E-state index is 4.51. The monoisotopic (exact) mass is 274 g/mol. The number of thiazole rings is 1. The predicted molar refractivity (Wildman–Crippen MR) is 84.3 cm³/mol. The van der Waals surface area contributed by atoms with Gasteiger partial charge in [-0.05, 0) is 37.3 Å². The Kier molecular flexibility index (Phi) is 4.59. The molecule has 0 aliphatic carbocycles. The average molecular weight is 274 g/mol. The zero-order valence-corrected chi connectivity index (χ0v) is 13.0. The van der Waals surface area contributed by atoms with Gasteiger partial charge in [-0.25, -0.2) is 4.98 Å². The Morgan fingerprint density at radius 3 is 2.58 bits per heavy atom. The molecule has 0 radical (unpaired) electrons. The standard InChI is InChI=1S/C16H22N2S/c1-11(2)15-8-6-5-7-14(15)9-10-17-16-18-12(3)13(4)19-16/h5-8,11H,9-10H2,1-4H3,(H,17,18). The molecule has 19 heavy (non-hydrogen) atoms. The number of rotatable bonds is 5. The van der Waals surface area contributed by atoms with Gasteiger partial charge >= 0.3 is 0 Å². The van der Waals surface area contributed by atoms with Crippen molar-refractivity contribution in [2.45, 2.75) is 40.0 Å². The molecule has 1 N–H and O–H groups in total. The molecule has 1 heterocycles. The summed E-state index contributed by atoms with van der Waals surface area (Å²) in [4.78, 5) is 5.80. The van der Waals surface area contributed by atoms with E-state index < -0.39 is 0 Å². The van der Waals surface area contributed by atoms with Crippen molar-refractivity contribution in [3.05, 3.63) is 46.0 Å². The number of hydrogen-bond acceptors (Lipinski definition) is 3. The van der Waals surface area contributed by atoms with E-state index in [-0.39, 0.29) is 0 Å². The number of nitrogens with zero attached hydrogens (tertiary/aromatic N) is 1. The zero-order chi connectivity index (χ0) is 13.8. The summed E-state index contributed by atoms with van der Waals surface area (Å²) in [6.45, 7) is 9.62. The molecule has 0 fully saturated rings. The van der Waals surface area contributed by atoms with Crippen molar-refractivity contribution >= 4 is 16.5 Å². The first-order chi connectivity index (χ1) is 9.08. The first-order valence-electron chi connectivity index (χ1n) is 6.83. The van der Waals surface area contributed by atoms with Crippen LogP contribution in [0.15, 0.2) is 24.3 Å². The summed E-state index contributed by atoms with van der Waals surface area (Å²) in [6.07, 6.45) is 1.05. The van der Waals surface area contributed by atoms with Crippen molar-refractivity contribution in [3.8, 4) is 0 Å². The molecule has 0 saturated heterocycles. The number of hydrogen-bond donors (Lipinski definition) is 1. The molecule has 2 aromatic rings. The van der Waals surface area contributed by atoms with Crippen molar-refractivity contribution in [2.24, 2.45) is 0 Å². The lowest BCUT2D eigenvalue weighted by atomic mass is 9.95. The molecule has 0 saturated carbocycles. The largest absolute Gasteiger partial charge is 0.361 e. The third-order valence-corrected chi connectivity index (χ3v) is 4.41. The first kappa shape index (κ1) is 14.1. The second kappa shape index (κ2) is 6.20. The van der Waals surface area contributed by atoms with E-state index in [1.807, 2.05) is 0 Å². The van der Waals surface area contributed by atoms with Crippen LogP contribution in [0.2, 0.25) is 0 Å². The van der Waals surface area contributed by atoms with Crippen LogP contribution >= 0.6 is 11.3 Å². The molecular weight excluding hydrogens is 252 g/mol. The van der Waals surface area contributed by atoms with Crippen LogP contribution in [0.1, 0.15) is 41.5 Å². The van der Waals surface area contributed by atoms with Crippen molar-refractivity contribution in [3.63, 3.8) is 0 Å². The molecule has 2 rings (SSSR count). The molecule has 3 heteroatoms. The van der Waals surface area contributed by atoms with Crippen LogP contribution < -0.4 is 5.32 Å². The van der Waals surface area contributed by atoms with Crippen LogP contribution in [0.3, 0.4) is 0 Å². The summed E-state index contributed by atoms with van der Waals surface area (Å²) in [7, 11) is 0. The van der Waals surface area contributed by atoms with Gasteiger partial charge < -0.3 is 5.32 Å². The van der Waals surface area contributed by atoms with Crippen molar-refractivity contribution < 1.29 is 0 Å². The van der Waals surface area contributed by atoms with Gasteiger partial charge in [0.1, 0.15) is 0 Å². The van der Waals surface area contributed by atoms with Crippen LogP contribution in [0.4, 0.5) is 5.13 Å². The summed E-state index contributed by atoms with van der Waals surface area (Å²) in [5.41, 5.74) is 4.03. The van der Waals surface area contributed by atoms with Crippen molar-refractivity contribution in [1.82, 2.24) is 4.98 Å². The van der Waals surface area contributed by atoms with E-state index >= 15 is 0 Å². The summed E-state index contributed by atoms with van der Waals surface area (Å²) >= 11 is 1.74. The summed E-state index contributed by atoms with van der Waals surface area (Å²) in [5, 5.41) is 4.47. The Morgan fingerprint density at radius 1 is 1.21 bits per heavy atom.